The first-order chi connectivity index (χ1) is 13.1. The molecule has 0 radical (unpaired) electrons. The molecule has 3 aromatic rings. The van der Waals surface area contributed by atoms with E-state index in [0.29, 0.717) is 29.3 Å². The molecule has 142 valence electrons. The van der Waals surface area contributed by atoms with E-state index in [1.165, 1.54) is 11.8 Å². The number of thioether (sulfide) groups is 1. The lowest BCUT2D eigenvalue weighted by atomic mass is 10.2. The zero-order valence-corrected chi connectivity index (χ0v) is 16.0. The lowest BCUT2D eigenvalue weighted by molar-refractivity contribution is 0.0313. The summed E-state index contributed by atoms with van der Waals surface area (Å²) in [6.07, 6.45) is -0.0906. The standard InChI is InChI=1S/C17H18ClN5O3S/c1-26-11-5-3-2-4-9(11)6-19-14-12-15(22-17(18)21-14)23(8-20-12)16-13(25)10(24)7-27-16/h2-5,8,10,13,16,24-25H,6-7H2,1H3,(H,19,21,22)/t10?,13?,16-/m1/s1. The Morgan fingerprint density at radius 2 is 2.15 bits per heavy atom. The molecular weight excluding hydrogens is 390 g/mol. The second kappa shape index (κ2) is 7.51. The maximum Gasteiger partial charge on any atom is 0.226 e. The molecule has 1 aliphatic heterocycles. The van der Waals surface area contributed by atoms with Gasteiger partial charge in [0, 0.05) is 17.9 Å². The summed E-state index contributed by atoms with van der Waals surface area (Å²) in [4.78, 5) is 12.9. The summed E-state index contributed by atoms with van der Waals surface area (Å²) >= 11 is 7.56. The third-order valence-corrected chi connectivity index (χ3v) is 5.98. The van der Waals surface area contributed by atoms with Crippen molar-refractivity contribution < 1.29 is 14.9 Å². The first-order valence-corrected chi connectivity index (χ1v) is 9.74. The Labute approximate surface area is 164 Å². The van der Waals surface area contributed by atoms with Gasteiger partial charge in [-0.05, 0) is 17.7 Å². The Bertz CT molecular complexity index is 969. The highest BCUT2D eigenvalue weighted by molar-refractivity contribution is 7.99. The van der Waals surface area contributed by atoms with Crippen molar-refractivity contribution in [3.63, 3.8) is 0 Å². The summed E-state index contributed by atoms with van der Waals surface area (Å²) in [6, 6.07) is 7.68. The Hall–Kier alpha value is -2.07. The molecule has 8 nitrogen and oxygen atoms in total. The van der Waals surface area contributed by atoms with Gasteiger partial charge in [0.15, 0.2) is 17.0 Å². The topological polar surface area (TPSA) is 105 Å². The zero-order valence-electron chi connectivity index (χ0n) is 14.4. The largest absolute Gasteiger partial charge is 0.496 e. The van der Waals surface area contributed by atoms with Crippen LogP contribution in [0.2, 0.25) is 5.28 Å². The monoisotopic (exact) mass is 407 g/mol. The van der Waals surface area contributed by atoms with Crippen molar-refractivity contribution in [2.45, 2.75) is 24.1 Å². The number of nitrogens with one attached hydrogen (secondary N) is 1. The molecular formula is C17H18ClN5O3S. The summed E-state index contributed by atoms with van der Waals surface area (Å²) in [7, 11) is 1.62. The van der Waals surface area contributed by atoms with E-state index < -0.39 is 12.2 Å². The first kappa shape index (κ1) is 18.3. The number of methoxy groups -OCH3 is 1. The maximum absolute atomic E-state index is 10.2. The number of hydrogen-bond donors (Lipinski definition) is 3. The second-order valence-electron chi connectivity index (χ2n) is 6.11. The number of aromatic nitrogens is 4. The van der Waals surface area contributed by atoms with Gasteiger partial charge in [-0.1, -0.05) is 18.2 Å². The number of halogens is 1. The molecule has 27 heavy (non-hydrogen) atoms. The Kier molecular flexibility index (Phi) is 5.09. The van der Waals surface area contributed by atoms with Crippen LogP contribution in [0.3, 0.4) is 0 Å². The number of para-hydroxylation sites is 1. The van der Waals surface area contributed by atoms with Gasteiger partial charge in [0.25, 0.3) is 0 Å². The molecule has 2 unspecified atom stereocenters. The van der Waals surface area contributed by atoms with Crippen molar-refractivity contribution in [3.05, 3.63) is 41.4 Å². The van der Waals surface area contributed by atoms with E-state index in [9.17, 15) is 10.2 Å². The molecule has 3 heterocycles. The fraction of sp³-hybridized carbons (Fsp3) is 0.353. The van der Waals surface area contributed by atoms with Crippen LogP contribution >= 0.6 is 23.4 Å². The van der Waals surface area contributed by atoms with Gasteiger partial charge in [-0.15, -0.1) is 11.8 Å². The van der Waals surface area contributed by atoms with Gasteiger partial charge >= 0.3 is 0 Å². The molecule has 3 atom stereocenters. The van der Waals surface area contributed by atoms with Gasteiger partial charge in [0.05, 0.1) is 19.5 Å². The minimum absolute atomic E-state index is 0.0739. The lowest BCUT2D eigenvalue weighted by Crippen LogP contribution is -2.27. The van der Waals surface area contributed by atoms with Crippen LogP contribution in [0, 0.1) is 0 Å². The van der Waals surface area contributed by atoms with Crippen molar-refractivity contribution in [3.8, 4) is 5.75 Å². The number of rotatable bonds is 5. The fourth-order valence-electron chi connectivity index (χ4n) is 3.06. The van der Waals surface area contributed by atoms with Crippen molar-refractivity contribution in [2.24, 2.45) is 0 Å². The van der Waals surface area contributed by atoms with Gasteiger partial charge in [-0.2, -0.15) is 9.97 Å². The van der Waals surface area contributed by atoms with Crippen LogP contribution in [0.1, 0.15) is 10.9 Å². The number of imidazole rings is 1. The molecule has 1 aliphatic rings. The predicted molar refractivity (Wildman–Crippen MR) is 104 cm³/mol. The molecule has 1 saturated heterocycles. The van der Waals surface area contributed by atoms with Crippen molar-refractivity contribution in [1.82, 2.24) is 19.5 Å². The molecule has 10 heteroatoms. The maximum atomic E-state index is 10.2. The van der Waals surface area contributed by atoms with Gasteiger partial charge in [-0.25, -0.2) is 4.98 Å². The van der Waals surface area contributed by atoms with E-state index in [-0.39, 0.29) is 10.7 Å². The molecule has 1 fully saturated rings. The molecule has 0 amide bonds. The highest BCUT2D eigenvalue weighted by atomic mass is 35.5. The summed E-state index contributed by atoms with van der Waals surface area (Å²) in [5.41, 5.74) is 2.01. The summed E-state index contributed by atoms with van der Waals surface area (Å²) in [6.45, 7) is 0.471. The number of fused-ring (bicyclic) bond motifs is 1. The van der Waals surface area contributed by atoms with Crippen LogP contribution in [-0.2, 0) is 6.54 Å². The van der Waals surface area contributed by atoms with E-state index in [4.69, 9.17) is 16.3 Å². The average molecular weight is 408 g/mol. The van der Waals surface area contributed by atoms with Gasteiger partial charge in [0.2, 0.25) is 5.28 Å². The van der Waals surface area contributed by atoms with E-state index in [2.05, 4.69) is 20.3 Å². The quantitative estimate of drug-likeness (QED) is 0.552. The second-order valence-corrected chi connectivity index (χ2v) is 7.60. The number of ether oxygens (including phenoxy) is 1. The van der Waals surface area contributed by atoms with Crippen LogP contribution in [0.5, 0.6) is 5.75 Å². The van der Waals surface area contributed by atoms with Gasteiger partial charge in [-0.3, -0.25) is 4.57 Å². The SMILES string of the molecule is COc1ccccc1CNc1nc(Cl)nc2c1ncn2[C@@H]1SCC(O)C1O. The smallest absolute Gasteiger partial charge is 0.226 e. The summed E-state index contributed by atoms with van der Waals surface area (Å²) in [5.74, 6) is 1.71. The molecule has 4 rings (SSSR count). The minimum Gasteiger partial charge on any atom is -0.496 e. The first-order valence-electron chi connectivity index (χ1n) is 8.32. The van der Waals surface area contributed by atoms with Crippen molar-refractivity contribution >= 4 is 40.3 Å². The van der Waals surface area contributed by atoms with Crippen LogP contribution in [-0.4, -0.2) is 54.8 Å². The zero-order chi connectivity index (χ0) is 19.0. The van der Waals surface area contributed by atoms with Crippen LogP contribution in [0.15, 0.2) is 30.6 Å². The number of anilines is 1. The van der Waals surface area contributed by atoms with Gasteiger partial charge < -0.3 is 20.3 Å². The molecule has 0 saturated carbocycles. The van der Waals surface area contributed by atoms with E-state index >= 15 is 0 Å². The minimum atomic E-state index is -0.897. The van der Waals surface area contributed by atoms with Crippen LogP contribution in [0.25, 0.3) is 11.2 Å². The third kappa shape index (κ3) is 3.43. The molecule has 3 N–H and O–H groups in total. The van der Waals surface area contributed by atoms with E-state index in [1.807, 2.05) is 24.3 Å². The van der Waals surface area contributed by atoms with Crippen LogP contribution < -0.4 is 10.1 Å². The highest BCUT2D eigenvalue weighted by Crippen LogP contribution is 2.38. The Morgan fingerprint density at radius 1 is 1.33 bits per heavy atom. The number of aliphatic hydroxyl groups is 2. The predicted octanol–water partition coefficient (Wildman–Crippen LogP) is 2.07. The number of hydrogen-bond acceptors (Lipinski definition) is 8. The highest BCUT2D eigenvalue weighted by Gasteiger charge is 2.36. The number of benzene rings is 1. The molecule has 0 spiro atoms. The Balaban J connectivity index is 1.66. The van der Waals surface area contributed by atoms with E-state index in [0.717, 1.165) is 11.3 Å². The Morgan fingerprint density at radius 3 is 2.89 bits per heavy atom. The fourth-order valence-corrected chi connectivity index (χ4v) is 4.51. The number of aliphatic hydroxyl groups excluding tert-OH is 2. The average Bonchev–Trinajstić information content (AvgIpc) is 3.23. The summed E-state index contributed by atoms with van der Waals surface area (Å²) in [5, 5.41) is 23.0. The van der Waals surface area contributed by atoms with Crippen LogP contribution in [0.4, 0.5) is 5.82 Å². The molecule has 2 aromatic heterocycles. The van der Waals surface area contributed by atoms with Crippen molar-refractivity contribution in [2.75, 3.05) is 18.2 Å². The molecule has 0 bridgehead atoms. The van der Waals surface area contributed by atoms with Crippen molar-refractivity contribution in [1.29, 1.82) is 0 Å². The van der Waals surface area contributed by atoms with E-state index in [1.54, 1.807) is 18.0 Å². The molecule has 0 aliphatic carbocycles. The third-order valence-electron chi connectivity index (χ3n) is 4.43. The number of nitrogens with zero attached hydrogens (tertiary/aromatic N) is 4. The van der Waals surface area contributed by atoms with Gasteiger partial charge in [0.1, 0.15) is 17.2 Å². The normalized spacial score (nSPS) is 22.3. The molecule has 1 aromatic carbocycles. The lowest BCUT2D eigenvalue weighted by Gasteiger charge is -2.17. The summed E-state index contributed by atoms with van der Waals surface area (Å²) < 4.78 is 7.09.